The maximum atomic E-state index is 11.7. The van der Waals surface area contributed by atoms with E-state index in [0.717, 1.165) is 18.4 Å². The fraction of sp³-hybridized carbons (Fsp3) is 0.385. The first-order valence-corrected chi connectivity index (χ1v) is 5.93. The molecule has 0 atom stereocenters. The standard InChI is InChI=1S/C13H13ClO3/c1-17-13(16)11-7-9(12(14)15)5-6-10(11)8-3-2-4-8/h5-8H,2-4H2,1H3. The largest absolute Gasteiger partial charge is 0.465 e. The molecule has 0 unspecified atom stereocenters. The van der Waals surface area contributed by atoms with Crippen molar-refractivity contribution in [2.24, 2.45) is 0 Å². The van der Waals surface area contributed by atoms with Crippen molar-refractivity contribution >= 4 is 22.8 Å². The second-order valence-electron chi connectivity index (χ2n) is 4.20. The summed E-state index contributed by atoms with van der Waals surface area (Å²) in [5.41, 5.74) is 1.75. The molecular weight excluding hydrogens is 240 g/mol. The van der Waals surface area contributed by atoms with E-state index < -0.39 is 11.2 Å². The molecule has 90 valence electrons. The van der Waals surface area contributed by atoms with Crippen LogP contribution >= 0.6 is 11.6 Å². The van der Waals surface area contributed by atoms with Gasteiger partial charge < -0.3 is 4.74 Å². The summed E-state index contributed by atoms with van der Waals surface area (Å²) in [6, 6.07) is 5.00. The van der Waals surface area contributed by atoms with Crippen molar-refractivity contribution < 1.29 is 14.3 Å². The highest BCUT2D eigenvalue weighted by Gasteiger charge is 2.25. The Morgan fingerprint density at radius 3 is 2.53 bits per heavy atom. The van der Waals surface area contributed by atoms with Crippen molar-refractivity contribution in [2.45, 2.75) is 25.2 Å². The van der Waals surface area contributed by atoms with Gasteiger partial charge in [-0.1, -0.05) is 12.5 Å². The number of hydrogen-bond donors (Lipinski definition) is 0. The zero-order valence-electron chi connectivity index (χ0n) is 9.53. The quantitative estimate of drug-likeness (QED) is 0.613. The van der Waals surface area contributed by atoms with Crippen LogP contribution in [-0.2, 0) is 4.74 Å². The van der Waals surface area contributed by atoms with Crippen molar-refractivity contribution in [2.75, 3.05) is 7.11 Å². The molecule has 0 aliphatic heterocycles. The van der Waals surface area contributed by atoms with Crippen LogP contribution in [0.2, 0.25) is 0 Å². The molecule has 0 bridgehead atoms. The normalized spacial score (nSPS) is 15.2. The summed E-state index contributed by atoms with van der Waals surface area (Å²) < 4.78 is 4.74. The topological polar surface area (TPSA) is 43.4 Å². The molecule has 1 saturated carbocycles. The number of methoxy groups -OCH3 is 1. The van der Waals surface area contributed by atoms with Gasteiger partial charge in [-0.25, -0.2) is 4.79 Å². The minimum atomic E-state index is -0.560. The van der Waals surface area contributed by atoms with Crippen LogP contribution in [0, 0.1) is 0 Å². The number of carbonyl (C=O) groups is 2. The lowest BCUT2D eigenvalue weighted by Gasteiger charge is -2.27. The van der Waals surface area contributed by atoms with Crippen LogP contribution in [0.3, 0.4) is 0 Å². The Kier molecular flexibility index (Phi) is 3.48. The molecule has 17 heavy (non-hydrogen) atoms. The first kappa shape index (κ1) is 12.1. The van der Waals surface area contributed by atoms with Gasteiger partial charge in [0, 0.05) is 5.56 Å². The monoisotopic (exact) mass is 252 g/mol. The lowest BCUT2D eigenvalue weighted by molar-refractivity contribution is 0.0598. The maximum absolute atomic E-state index is 11.7. The number of hydrogen-bond acceptors (Lipinski definition) is 3. The first-order valence-electron chi connectivity index (χ1n) is 5.55. The summed E-state index contributed by atoms with van der Waals surface area (Å²) in [6.07, 6.45) is 3.35. The van der Waals surface area contributed by atoms with E-state index >= 15 is 0 Å². The van der Waals surface area contributed by atoms with Crippen molar-refractivity contribution in [3.63, 3.8) is 0 Å². The highest BCUT2D eigenvalue weighted by Crippen LogP contribution is 2.38. The van der Waals surface area contributed by atoms with Gasteiger partial charge in [0.15, 0.2) is 0 Å². The van der Waals surface area contributed by atoms with E-state index in [-0.39, 0.29) is 0 Å². The van der Waals surface area contributed by atoms with Gasteiger partial charge in [0.2, 0.25) is 0 Å². The molecule has 0 radical (unpaired) electrons. The Labute approximate surface area is 105 Å². The summed E-state index contributed by atoms with van der Waals surface area (Å²) in [4.78, 5) is 22.8. The Hall–Kier alpha value is -1.35. The molecule has 0 spiro atoms. The predicted octanol–water partition coefficient (Wildman–Crippen LogP) is 3.12. The van der Waals surface area contributed by atoms with Gasteiger partial charge in [0.05, 0.1) is 12.7 Å². The number of rotatable bonds is 3. The van der Waals surface area contributed by atoms with Crippen LogP contribution in [0.5, 0.6) is 0 Å². The van der Waals surface area contributed by atoms with E-state index in [0.29, 0.717) is 17.0 Å². The Bertz CT molecular complexity index is 464. The molecule has 1 aliphatic rings. The molecule has 0 aromatic heterocycles. The summed E-state index contributed by atoms with van der Waals surface area (Å²) in [5, 5.41) is -0.560. The van der Waals surface area contributed by atoms with Gasteiger partial charge in [-0.3, -0.25) is 4.79 Å². The molecule has 2 rings (SSSR count). The third kappa shape index (κ3) is 2.34. The van der Waals surface area contributed by atoms with E-state index in [1.165, 1.54) is 19.6 Å². The van der Waals surface area contributed by atoms with Crippen LogP contribution in [0.4, 0.5) is 0 Å². The van der Waals surface area contributed by atoms with E-state index in [1.807, 2.05) is 6.07 Å². The van der Waals surface area contributed by atoms with E-state index in [1.54, 1.807) is 6.07 Å². The SMILES string of the molecule is COC(=O)c1cc(C(=O)Cl)ccc1C1CCC1. The van der Waals surface area contributed by atoms with Crippen molar-refractivity contribution in [1.29, 1.82) is 0 Å². The van der Waals surface area contributed by atoms with Crippen LogP contribution < -0.4 is 0 Å². The minimum absolute atomic E-state index is 0.329. The molecule has 3 nitrogen and oxygen atoms in total. The van der Waals surface area contributed by atoms with Crippen LogP contribution in [-0.4, -0.2) is 18.3 Å². The van der Waals surface area contributed by atoms with Gasteiger partial charge in [-0.05, 0) is 48.1 Å². The van der Waals surface area contributed by atoms with Crippen LogP contribution in [0.1, 0.15) is 51.5 Å². The molecule has 0 amide bonds. The van der Waals surface area contributed by atoms with Crippen LogP contribution in [0.25, 0.3) is 0 Å². The lowest BCUT2D eigenvalue weighted by atomic mass is 9.78. The highest BCUT2D eigenvalue weighted by molar-refractivity contribution is 6.67. The Morgan fingerprint density at radius 1 is 1.35 bits per heavy atom. The maximum Gasteiger partial charge on any atom is 0.338 e. The fourth-order valence-electron chi connectivity index (χ4n) is 2.04. The van der Waals surface area contributed by atoms with Gasteiger partial charge >= 0.3 is 5.97 Å². The van der Waals surface area contributed by atoms with Crippen molar-refractivity contribution in [3.8, 4) is 0 Å². The van der Waals surface area contributed by atoms with Crippen LogP contribution in [0.15, 0.2) is 18.2 Å². The lowest BCUT2D eigenvalue weighted by Crippen LogP contribution is -2.15. The highest BCUT2D eigenvalue weighted by atomic mass is 35.5. The summed E-state index contributed by atoms with van der Waals surface area (Å²) in [7, 11) is 1.34. The molecule has 0 heterocycles. The third-order valence-electron chi connectivity index (χ3n) is 3.23. The molecule has 4 heteroatoms. The molecule has 0 saturated heterocycles. The minimum Gasteiger partial charge on any atom is -0.465 e. The second kappa shape index (κ2) is 4.88. The number of benzene rings is 1. The summed E-state index contributed by atoms with van der Waals surface area (Å²) in [5.74, 6) is -0.00440. The van der Waals surface area contributed by atoms with E-state index in [9.17, 15) is 9.59 Å². The summed E-state index contributed by atoms with van der Waals surface area (Å²) in [6.45, 7) is 0. The van der Waals surface area contributed by atoms with Gasteiger partial charge in [0.25, 0.3) is 5.24 Å². The van der Waals surface area contributed by atoms with Gasteiger partial charge in [-0.2, -0.15) is 0 Å². The molecule has 1 aromatic carbocycles. The Balaban J connectivity index is 2.43. The number of esters is 1. The van der Waals surface area contributed by atoms with Gasteiger partial charge in [0.1, 0.15) is 0 Å². The average molecular weight is 253 g/mol. The zero-order chi connectivity index (χ0) is 12.4. The van der Waals surface area contributed by atoms with Crippen molar-refractivity contribution in [1.82, 2.24) is 0 Å². The van der Waals surface area contributed by atoms with Crippen molar-refractivity contribution in [3.05, 3.63) is 34.9 Å². The second-order valence-corrected chi connectivity index (χ2v) is 4.54. The number of ether oxygens (including phenoxy) is 1. The number of halogens is 1. The van der Waals surface area contributed by atoms with E-state index in [4.69, 9.17) is 16.3 Å². The molecule has 1 aliphatic carbocycles. The average Bonchev–Trinajstić information content (AvgIpc) is 2.26. The molecule has 0 N–H and O–H groups in total. The predicted molar refractivity (Wildman–Crippen MR) is 64.6 cm³/mol. The fourth-order valence-corrected chi connectivity index (χ4v) is 2.16. The summed E-state index contributed by atoms with van der Waals surface area (Å²) >= 11 is 5.41. The molecule has 1 fully saturated rings. The number of carbonyl (C=O) groups excluding carboxylic acids is 2. The molecular formula is C13H13ClO3. The zero-order valence-corrected chi connectivity index (χ0v) is 10.3. The first-order chi connectivity index (χ1) is 8.13. The Morgan fingerprint density at radius 2 is 2.06 bits per heavy atom. The smallest absolute Gasteiger partial charge is 0.338 e. The third-order valence-corrected chi connectivity index (χ3v) is 3.45. The van der Waals surface area contributed by atoms with Gasteiger partial charge in [-0.15, -0.1) is 0 Å². The van der Waals surface area contributed by atoms with E-state index in [2.05, 4.69) is 0 Å². The molecule has 1 aromatic rings.